The lowest BCUT2D eigenvalue weighted by Crippen LogP contribution is -2.44. The highest BCUT2D eigenvalue weighted by Crippen LogP contribution is 2.21. The number of nitrogens with zero attached hydrogens (tertiary/aromatic N) is 1. The maximum Gasteiger partial charge on any atom is 0.280 e. The Kier molecular flexibility index (Phi) is 5.18. The van der Waals surface area contributed by atoms with E-state index >= 15 is 0 Å². The standard InChI is InChI=1S/C16H23N3O2S/c1-12(2)19(3)22(20,21)18-16(11-17)15-9-8-13-6-4-5-7-14(13)10-15/h4-10,12,16,18H,11,17H2,1-3H3. The van der Waals surface area contributed by atoms with Crippen molar-refractivity contribution in [3.63, 3.8) is 0 Å². The van der Waals surface area contributed by atoms with Crippen LogP contribution in [0.1, 0.15) is 25.5 Å². The molecule has 0 fully saturated rings. The van der Waals surface area contributed by atoms with Crippen molar-refractivity contribution in [1.29, 1.82) is 0 Å². The minimum Gasteiger partial charge on any atom is -0.329 e. The maximum absolute atomic E-state index is 12.3. The molecule has 1 unspecified atom stereocenters. The van der Waals surface area contributed by atoms with E-state index in [0.717, 1.165) is 16.3 Å². The van der Waals surface area contributed by atoms with Gasteiger partial charge in [0.25, 0.3) is 10.2 Å². The third-order valence-corrected chi connectivity index (χ3v) is 5.57. The van der Waals surface area contributed by atoms with Crippen LogP contribution >= 0.6 is 0 Å². The van der Waals surface area contributed by atoms with E-state index in [1.54, 1.807) is 7.05 Å². The quantitative estimate of drug-likeness (QED) is 0.854. The first-order valence-electron chi connectivity index (χ1n) is 7.29. The Bertz CT molecular complexity index is 744. The van der Waals surface area contributed by atoms with Crippen LogP contribution in [-0.4, -0.2) is 32.4 Å². The topological polar surface area (TPSA) is 75.4 Å². The molecule has 0 aliphatic heterocycles. The molecule has 0 bridgehead atoms. The number of nitrogens with two attached hydrogens (primary N) is 1. The Morgan fingerprint density at radius 1 is 1.14 bits per heavy atom. The Morgan fingerprint density at radius 2 is 1.77 bits per heavy atom. The SMILES string of the molecule is CC(C)N(C)S(=O)(=O)NC(CN)c1ccc2ccccc2c1. The second-order valence-electron chi connectivity index (χ2n) is 5.63. The molecular weight excluding hydrogens is 298 g/mol. The van der Waals surface area contributed by atoms with E-state index in [0.29, 0.717) is 0 Å². The fourth-order valence-corrected chi connectivity index (χ4v) is 3.53. The van der Waals surface area contributed by atoms with Crippen LogP contribution < -0.4 is 10.5 Å². The molecule has 6 heteroatoms. The lowest BCUT2D eigenvalue weighted by atomic mass is 10.0. The molecule has 0 saturated heterocycles. The number of benzene rings is 2. The van der Waals surface area contributed by atoms with Gasteiger partial charge in [0.1, 0.15) is 0 Å². The molecule has 0 aliphatic rings. The summed E-state index contributed by atoms with van der Waals surface area (Å²) in [6.07, 6.45) is 0. The van der Waals surface area contributed by atoms with Gasteiger partial charge in [0.15, 0.2) is 0 Å². The molecule has 0 amide bonds. The molecule has 0 radical (unpaired) electrons. The maximum atomic E-state index is 12.3. The Labute approximate surface area is 132 Å². The lowest BCUT2D eigenvalue weighted by Gasteiger charge is -2.25. The fourth-order valence-electron chi connectivity index (χ4n) is 2.22. The monoisotopic (exact) mass is 321 g/mol. The Balaban J connectivity index is 2.30. The number of fused-ring (bicyclic) bond motifs is 1. The molecule has 3 N–H and O–H groups in total. The molecule has 0 spiro atoms. The average molecular weight is 321 g/mol. The van der Waals surface area contributed by atoms with Gasteiger partial charge in [0, 0.05) is 19.6 Å². The fraction of sp³-hybridized carbons (Fsp3) is 0.375. The van der Waals surface area contributed by atoms with E-state index in [4.69, 9.17) is 5.73 Å². The molecule has 0 aromatic heterocycles. The largest absolute Gasteiger partial charge is 0.329 e. The van der Waals surface area contributed by atoms with Gasteiger partial charge >= 0.3 is 0 Å². The Hall–Kier alpha value is -1.47. The van der Waals surface area contributed by atoms with E-state index in [2.05, 4.69) is 4.72 Å². The first kappa shape index (κ1) is 16.9. The predicted molar refractivity (Wildman–Crippen MR) is 90.7 cm³/mol. The van der Waals surface area contributed by atoms with Crippen molar-refractivity contribution in [1.82, 2.24) is 9.03 Å². The summed E-state index contributed by atoms with van der Waals surface area (Å²) in [7, 11) is -2.01. The highest BCUT2D eigenvalue weighted by molar-refractivity contribution is 7.87. The Morgan fingerprint density at radius 3 is 2.36 bits per heavy atom. The van der Waals surface area contributed by atoms with E-state index in [1.165, 1.54) is 4.31 Å². The molecule has 1 atom stereocenters. The van der Waals surface area contributed by atoms with Crippen LogP contribution in [0, 0.1) is 0 Å². The second-order valence-corrected chi connectivity index (χ2v) is 7.39. The van der Waals surface area contributed by atoms with Crippen molar-refractivity contribution in [2.45, 2.75) is 25.9 Å². The number of hydrogen-bond acceptors (Lipinski definition) is 3. The third kappa shape index (κ3) is 3.64. The highest BCUT2D eigenvalue weighted by atomic mass is 32.2. The summed E-state index contributed by atoms with van der Waals surface area (Å²) >= 11 is 0. The first-order valence-corrected chi connectivity index (χ1v) is 8.73. The lowest BCUT2D eigenvalue weighted by molar-refractivity contribution is 0.396. The van der Waals surface area contributed by atoms with Gasteiger partial charge in [-0.25, -0.2) is 0 Å². The minimum absolute atomic E-state index is 0.118. The van der Waals surface area contributed by atoms with E-state index in [-0.39, 0.29) is 12.6 Å². The summed E-state index contributed by atoms with van der Waals surface area (Å²) in [5.74, 6) is 0. The van der Waals surface area contributed by atoms with Gasteiger partial charge in [-0.05, 0) is 36.2 Å². The van der Waals surface area contributed by atoms with Crippen LogP contribution in [0.5, 0.6) is 0 Å². The van der Waals surface area contributed by atoms with Crippen LogP contribution in [0.4, 0.5) is 0 Å². The molecule has 0 heterocycles. The van der Waals surface area contributed by atoms with Gasteiger partial charge in [-0.15, -0.1) is 0 Å². The van der Waals surface area contributed by atoms with Crippen LogP contribution in [0.3, 0.4) is 0 Å². The second kappa shape index (κ2) is 6.75. The number of rotatable bonds is 6. The zero-order valence-corrected chi connectivity index (χ0v) is 14.0. The zero-order chi connectivity index (χ0) is 16.3. The number of hydrogen-bond donors (Lipinski definition) is 2. The van der Waals surface area contributed by atoms with Gasteiger partial charge in [0.05, 0.1) is 6.04 Å². The summed E-state index contributed by atoms with van der Waals surface area (Å²) in [5, 5.41) is 2.18. The van der Waals surface area contributed by atoms with Gasteiger partial charge in [-0.2, -0.15) is 17.4 Å². The molecular formula is C16H23N3O2S. The van der Waals surface area contributed by atoms with Gasteiger partial charge < -0.3 is 5.73 Å². The summed E-state index contributed by atoms with van der Waals surface area (Å²) in [4.78, 5) is 0. The van der Waals surface area contributed by atoms with Crippen molar-refractivity contribution in [2.24, 2.45) is 5.73 Å². The third-order valence-electron chi connectivity index (χ3n) is 3.81. The number of nitrogens with one attached hydrogen (secondary N) is 1. The minimum atomic E-state index is -3.57. The van der Waals surface area contributed by atoms with Gasteiger partial charge in [-0.3, -0.25) is 0 Å². The van der Waals surface area contributed by atoms with E-state index in [1.807, 2.05) is 56.3 Å². The van der Waals surface area contributed by atoms with E-state index in [9.17, 15) is 8.42 Å². The molecule has 2 aromatic carbocycles. The van der Waals surface area contributed by atoms with Crippen LogP contribution in [0.25, 0.3) is 10.8 Å². The molecule has 0 saturated carbocycles. The molecule has 5 nitrogen and oxygen atoms in total. The molecule has 2 aromatic rings. The van der Waals surface area contributed by atoms with Crippen molar-refractivity contribution in [3.05, 3.63) is 48.0 Å². The van der Waals surface area contributed by atoms with Crippen molar-refractivity contribution >= 4 is 21.0 Å². The van der Waals surface area contributed by atoms with Crippen LogP contribution in [0.15, 0.2) is 42.5 Å². The normalized spacial score (nSPS) is 13.9. The molecule has 120 valence electrons. The van der Waals surface area contributed by atoms with Crippen molar-refractivity contribution < 1.29 is 8.42 Å². The summed E-state index contributed by atoms with van der Waals surface area (Å²) < 4.78 is 28.7. The highest BCUT2D eigenvalue weighted by Gasteiger charge is 2.24. The molecule has 22 heavy (non-hydrogen) atoms. The molecule has 2 rings (SSSR count). The molecule has 0 aliphatic carbocycles. The van der Waals surface area contributed by atoms with Gasteiger partial charge in [0.2, 0.25) is 0 Å². The van der Waals surface area contributed by atoms with E-state index < -0.39 is 16.3 Å². The first-order chi connectivity index (χ1) is 10.3. The van der Waals surface area contributed by atoms with Crippen molar-refractivity contribution in [2.75, 3.05) is 13.6 Å². The summed E-state index contributed by atoms with van der Waals surface area (Å²) in [6.45, 7) is 3.85. The average Bonchev–Trinajstić information content (AvgIpc) is 2.51. The smallest absolute Gasteiger partial charge is 0.280 e. The summed E-state index contributed by atoms with van der Waals surface area (Å²) in [6, 6.07) is 13.3. The predicted octanol–water partition coefficient (Wildman–Crippen LogP) is 2.01. The summed E-state index contributed by atoms with van der Waals surface area (Å²) in [5.41, 5.74) is 6.65. The zero-order valence-electron chi connectivity index (χ0n) is 13.2. The van der Waals surface area contributed by atoms with Gasteiger partial charge in [-0.1, -0.05) is 36.4 Å². The van der Waals surface area contributed by atoms with Crippen molar-refractivity contribution in [3.8, 4) is 0 Å². The van der Waals surface area contributed by atoms with Crippen LogP contribution in [0.2, 0.25) is 0 Å². The van der Waals surface area contributed by atoms with Crippen LogP contribution in [-0.2, 0) is 10.2 Å².